The number of hydrazone groups is 1. The molecule has 2 aliphatic heterocycles. The molecule has 0 saturated carbocycles. The number of hydrogen-bond donors (Lipinski definition) is 0. The third-order valence-corrected chi connectivity index (χ3v) is 4.28. The van der Waals surface area contributed by atoms with Gasteiger partial charge in [0.15, 0.2) is 5.82 Å². The first-order chi connectivity index (χ1) is 11.2. The summed E-state index contributed by atoms with van der Waals surface area (Å²) in [5.41, 5.74) is 1.66. The minimum atomic E-state index is 0.468. The lowest BCUT2D eigenvalue weighted by Crippen LogP contribution is -2.27. The Balaban J connectivity index is 1.64. The monoisotopic (exact) mass is 329 g/mol. The number of halogens is 1. The highest BCUT2D eigenvalue weighted by atomic mass is 35.5. The van der Waals surface area contributed by atoms with E-state index in [1.165, 1.54) is 12.8 Å². The zero-order valence-corrected chi connectivity index (χ0v) is 13.5. The molecule has 23 heavy (non-hydrogen) atoms. The summed E-state index contributed by atoms with van der Waals surface area (Å²) in [7, 11) is 1.88. The van der Waals surface area contributed by atoms with Gasteiger partial charge in [0.1, 0.15) is 5.69 Å². The van der Waals surface area contributed by atoms with Gasteiger partial charge in [-0.15, -0.1) is 15.3 Å². The van der Waals surface area contributed by atoms with E-state index in [1.54, 1.807) is 17.1 Å². The Morgan fingerprint density at radius 2 is 1.83 bits per heavy atom. The van der Waals surface area contributed by atoms with Crippen LogP contribution < -0.4 is 14.6 Å². The number of ether oxygens (including phenoxy) is 1. The molecule has 0 unspecified atom stereocenters. The second-order valence-electron chi connectivity index (χ2n) is 5.62. The Labute approximate surface area is 139 Å². The van der Waals surface area contributed by atoms with E-state index in [2.05, 4.69) is 20.2 Å². The number of benzene rings is 1. The van der Waals surface area contributed by atoms with Crippen molar-refractivity contribution in [2.24, 2.45) is 5.10 Å². The van der Waals surface area contributed by atoms with Crippen molar-refractivity contribution >= 4 is 29.0 Å². The predicted molar refractivity (Wildman–Crippen MR) is 90.5 cm³/mol. The molecule has 0 spiro atoms. The minimum absolute atomic E-state index is 0.468. The fourth-order valence-corrected chi connectivity index (χ4v) is 2.90. The summed E-state index contributed by atoms with van der Waals surface area (Å²) in [5.74, 6) is 1.83. The van der Waals surface area contributed by atoms with E-state index in [9.17, 15) is 0 Å². The summed E-state index contributed by atoms with van der Waals surface area (Å²) >= 11 is 5.92. The largest absolute Gasteiger partial charge is 0.415 e. The molecule has 0 N–H and O–H groups in total. The van der Waals surface area contributed by atoms with Gasteiger partial charge in [0.25, 0.3) is 5.88 Å². The number of fused-ring (bicyclic) bond motifs is 1. The van der Waals surface area contributed by atoms with Crippen molar-refractivity contribution in [3.8, 4) is 5.88 Å². The van der Waals surface area contributed by atoms with Crippen LogP contribution in [0.1, 0.15) is 18.4 Å². The molecule has 118 valence electrons. The fourth-order valence-electron chi connectivity index (χ4n) is 2.78. The second-order valence-corrected chi connectivity index (χ2v) is 6.06. The maximum atomic E-state index is 5.92. The molecule has 7 heteroatoms. The predicted octanol–water partition coefficient (Wildman–Crippen LogP) is 2.92. The van der Waals surface area contributed by atoms with Crippen molar-refractivity contribution in [3.05, 3.63) is 40.9 Å². The third kappa shape index (κ3) is 2.70. The van der Waals surface area contributed by atoms with Gasteiger partial charge in [-0.3, -0.25) is 5.01 Å². The van der Waals surface area contributed by atoms with Gasteiger partial charge >= 0.3 is 0 Å². The highest BCUT2D eigenvalue weighted by Crippen LogP contribution is 2.33. The van der Waals surface area contributed by atoms with Gasteiger partial charge in [0.05, 0.1) is 0 Å². The molecule has 0 atom stereocenters. The smallest absolute Gasteiger partial charge is 0.266 e. The van der Waals surface area contributed by atoms with Gasteiger partial charge < -0.3 is 9.64 Å². The lowest BCUT2D eigenvalue weighted by Gasteiger charge is -2.25. The van der Waals surface area contributed by atoms with Crippen LogP contribution in [0, 0.1) is 0 Å². The van der Waals surface area contributed by atoms with Crippen LogP contribution in [0.2, 0.25) is 5.02 Å². The van der Waals surface area contributed by atoms with Crippen molar-refractivity contribution in [2.75, 3.05) is 30.0 Å². The average molecular weight is 330 g/mol. The van der Waals surface area contributed by atoms with E-state index < -0.39 is 0 Å². The minimum Gasteiger partial charge on any atom is -0.415 e. The zero-order chi connectivity index (χ0) is 15.8. The summed E-state index contributed by atoms with van der Waals surface area (Å²) in [6, 6.07) is 9.33. The van der Waals surface area contributed by atoms with Gasteiger partial charge in [0, 0.05) is 36.8 Å². The van der Waals surface area contributed by atoms with Crippen LogP contribution in [0.3, 0.4) is 0 Å². The Morgan fingerprint density at radius 3 is 2.57 bits per heavy atom. The molecule has 0 radical (unpaired) electrons. The number of rotatable bonds is 2. The lowest BCUT2D eigenvalue weighted by molar-refractivity contribution is 0.501. The first-order valence-corrected chi connectivity index (χ1v) is 7.97. The van der Waals surface area contributed by atoms with E-state index in [0.717, 1.165) is 30.2 Å². The standard InChI is InChI=1S/C16H16ClN5O/c1-21-13-10-14(22-8-2-3-9-22)18-19-16(13)23-15(20-21)11-4-6-12(17)7-5-11/h4-7,10H,2-3,8-9H2,1H3. The van der Waals surface area contributed by atoms with Gasteiger partial charge in [-0.25, -0.2) is 0 Å². The Bertz CT molecular complexity index is 756. The van der Waals surface area contributed by atoms with Gasteiger partial charge in [0.2, 0.25) is 5.90 Å². The van der Waals surface area contributed by atoms with Crippen LogP contribution in [0.5, 0.6) is 5.88 Å². The fraction of sp³-hybridized carbons (Fsp3) is 0.312. The summed E-state index contributed by atoms with van der Waals surface area (Å²) in [4.78, 5) is 2.24. The Kier molecular flexibility index (Phi) is 3.53. The van der Waals surface area contributed by atoms with E-state index >= 15 is 0 Å². The van der Waals surface area contributed by atoms with E-state index in [1.807, 2.05) is 25.2 Å². The topological polar surface area (TPSA) is 53.9 Å². The number of nitrogens with zero attached hydrogens (tertiary/aromatic N) is 5. The second kappa shape index (κ2) is 5.70. The van der Waals surface area contributed by atoms with Crippen LogP contribution in [-0.2, 0) is 0 Å². The molecule has 6 nitrogen and oxygen atoms in total. The molecule has 1 fully saturated rings. The summed E-state index contributed by atoms with van der Waals surface area (Å²) in [6.07, 6.45) is 2.40. The normalized spacial score (nSPS) is 16.9. The highest BCUT2D eigenvalue weighted by Gasteiger charge is 2.24. The summed E-state index contributed by atoms with van der Waals surface area (Å²) < 4.78 is 5.82. The van der Waals surface area contributed by atoms with E-state index in [4.69, 9.17) is 16.3 Å². The molecule has 0 bridgehead atoms. The third-order valence-electron chi connectivity index (χ3n) is 4.03. The Hall–Kier alpha value is -2.34. The SMILES string of the molecule is CN1N=C(c2ccc(Cl)cc2)Oc2nnc(N3CCCC3)cc21. The molecule has 3 heterocycles. The van der Waals surface area contributed by atoms with Crippen LogP contribution >= 0.6 is 11.6 Å². The molecular formula is C16H16ClN5O. The molecule has 1 aromatic heterocycles. The van der Waals surface area contributed by atoms with Crippen molar-refractivity contribution in [1.29, 1.82) is 0 Å². The summed E-state index contributed by atoms with van der Waals surface area (Å²) in [5, 5.41) is 15.5. The molecular weight excluding hydrogens is 314 g/mol. The number of anilines is 2. The maximum absolute atomic E-state index is 5.92. The van der Waals surface area contributed by atoms with Gasteiger partial charge in [-0.05, 0) is 37.1 Å². The molecule has 0 aliphatic carbocycles. The molecule has 2 aromatic rings. The maximum Gasteiger partial charge on any atom is 0.266 e. The number of aromatic nitrogens is 2. The van der Waals surface area contributed by atoms with Crippen molar-refractivity contribution in [2.45, 2.75) is 12.8 Å². The van der Waals surface area contributed by atoms with Crippen molar-refractivity contribution < 1.29 is 4.74 Å². The van der Waals surface area contributed by atoms with Crippen LogP contribution in [-0.4, -0.2) is 36.2 Å². The van der Waals surface area contributed by atoms with E-state index in [0.29, 0.717) is 16.8 Å². The quantitative estimate of drug-likeness (QED) is 0.848. The van der Waals surface area contributed by atoms with Crippen molar-refractivity contribution in [3.63, 3.8) is 0 Å². The Morgan fingerprint density at radius 1 is 1.09 bits per heavy atom. The lowest BCUT2D eigenvalue weighted by atomic mass is 10.2. The van der Waals surface area contributed by atoms with Crippen molar-refractivity contribution in [1.82, 2.24) is 10.2 Å². The molecule has 1 saturated heterocycles. The average Bonchev–Trinajstić information content (AvgIpc) is 3.10. The first kappa shape index (κ1) is 14.3. The number of hydrogen-bond acceptors (Lipinski definition) is 6. The molecule has 4 rings (SSSR count). The highest BCUT2D eigenvalue weighted by molar-refractivity contribution is 6.30. The first-order valence-electron chi connectivity index (χ1n) is 7.59. The van der Waals surface area contributed by atoms with Gasteiger partial charge in [-0.1, -0.05) is 11.6 Å². The van der Waals surface area contributed by atoms with Crippen LogP contribution in [0.15, 0.2) is 35.4 Å². The molecule has 0 amide bonds. The summed E-state index contributed by atoms with van der Waals surface area (Å²) in [6.45, 7) is 2.05. The van der Waals surface area contributed by atoms with Gasteiger partial charge in [-0.2, -0.15) is 0 Å². The van der Waals surface area contributed by atoms with Crippen LogP contribution in [0.25, 0.3) is 0 Å². The van der Waals surface area contributed by atoms with Crippen LogP contribution in [0.4, 0.5) is 11.5 Å². The van der Waals surface area contributed by atoms with E-state index in [-0.39, 0.29) is 0 Å². The zero-order valence-electron chi connectivity index (χ0n) is 12.7. The molecule has 1 aromatic carbocycles. The molecule has 2 aliphatic rings.